The molecule has 0 radical (unpaired) electrons. The number of nitrogens with zero attached hydrogens (tertiary/aromatic N) is 1. The molecule has 0 aliphatic heterocycles. The molecular weight excluding hydrogens is 190 g/mol. The Balaban J connectivity index is 2.64. The number of hydrogen-bond donors (Lipinski definition) is 0. The molecule has 0 saturated heterocycles. The van der Waals surface area contributed by atoms with Gasteiger partial charge in [0.1, 0.15) is 20.6 Å². The third-order valence-corrected chi connectivity index (χ3v) is 1.91. The van der Waals surface area contributed by atoms with Gasteiger partial charge in [0.15, 0.2) is 0 Å². The number of carbonyl (C=O) groups is 1. The molecule has 80 valence electrons. The number of hydrogen-bond acceptors (Lipinski definition) is 2. The third-order valence-electron chi connectivity index (χ3n) is 1.91. The van der Waals surface area contributed by atoms with Crippen molar-refractivity contribution < 1.29 is 14.3 Å². The zero-order chi connectivity index (χ0) is 11.3. The molecule has 3 nitrogen and oxygen atoms in total. The molecule has 1 aromatic rings. The number of hydroxylamine groups is 3. The molecule has 0 atom stereocenters. The van der Waals surface area contributed by atoms with Gasteiger partial charge in [-0.15, -0.1) is 4.65 Å². The summed E-state index contributed by atoms with van der Waals surface area (Å²) in [6, 6.07) is 9.89. The minimum Gasteiger partial charge on any atom is -0.272 e. The zero-order valence-corrected chi connectivity index (χ0v) is 9.14. The molecule has 0 heterocycles. The standard InChI is InChI=1S/C12H16NO2/c1-4-12(14)15-13(2,3)10-11-8-6-5-7-9-11/h4-9H,1,10H2,2-3H3/q+1. The van der Waals surface area contributed by atoms with Crippen LogP contribution in [-0.4, -0.2) is 24.7 Å². The largest absolute Gasteiger partial charge is 0.389 e. The van der Waals surface area contributed by atoms with E-state index in [1.54, 1.807) is 0 Å². The maximum atomic E-state index is 11.1. The average molecular weight is 206 g/mol. The van der Waals surface area contributed by atoms with Gasteiger partial charge in [-0.2, -0.15) is 0 Å². The van der Waals surface area contributed by atoms with Crippen LogP contribution in [0.4, 0.5) is 0 Å². The van der Waals surface area contributed by atoms with Crippen molar-refractivity contribution >= 4 is 5.97 Å². The molecule has 0 fully saturated rings. The first kappa shape index (κ1) is 11.5. The van der Waals surface area contributed by atoms with Gasteiger partial charge in [-0.1, -0.05) is 36.9 Å². The molecule has 0 aromatic heterocycles. The lowest BCUT2D eigenvalue weighted by atomic mass is 10.2. The van der Waals surface area contributed by atoms with Gasteiger partial charge in [0.25, 0.3) is 0 Å². The van der Waals surface area contributed by atoms with Crippen molar-refractivity contribution in [2.24, 2.45) is 0 Å². The van der Waals surface area contributed by atoms with Crippen LogP contribution in [0.15, 0.2) is 43.0 Å². The summed E-state index contributed by atoms with van der Waals surface area (Å²) < 4.78 is 0.162. The normalized spacial score (nSPS) is 10.8. The molecule has 15 heavy (non-hydrogen) atoms. The van der Waals surface area contributed by atoms with Gasteiger partial charge in [-0.25, -0.2) is 4.79 Å². The van der Waals surface area contributed by atoms with Crippen molar-refractivity contribution in [1.82, 2.24) is 0 Å². The Hall–Kier alpha value is -1.61. The van der Waals surface area contributed by atoms with E-state index in [1.807, 2.05) is 44.4 Å². The maximum Gasteiger partial charge on any atom is 0.389 e. The van der Waals surface area contributed by atoms with Crippen LogP contribution in [-0.2, 0) is 16.2 Å². The molecule has 0 aliphatic carbocycles. The lowest BCUT2D eigenvalue weighted by molar-refractivity contribution is -1.07. The lowest BCUT2D eigenvalue weighted by Gasteiger charge is -2.25. The van der Waals surface area contributed by atoms with Crippen LogP contribution in [0.5, 0.6) is 0 Å². The number of benzene rings is 1. The minimum atomic E-state index is -0.407. The van der Waals surface area contributed by atoms with E-state index in [1.165, 1.54) is 6.08 Å². The molecule has 3 heteroatoms. The van der Waals surface area contributed by atoms with Crippen molar-refractivity contribution in [3.05, 3.63) is 48.6 Å². The van der Waals surface area contributed by atoms with Crippen molar-refractivity contribution in [1.29, 1.82) is 0 Å². The summed E-state index contributed by atoms with van der Waals surface area (Å²) in [5.74, 6) is -0.407. The molecule has 0 amide bonds. The summed E-state index contributed by atoms with van der Waals surface area (Å²) in [4.78, 5) is 16.2. The predicted octanol–water partition coefficient (Wildman–Crippen LogP) is 1.91. The Morgan fingerprint density at radius 3 is 2.53 bits per heavy atom. The Bertz CT molecular complexity index is 344. The SMILES string of the molecule is C=CC(=O)O[N+](C)(C)Cc1ccccc1. The van der Waals surface area contributed by atoms with Gasteiger partial charge in [-0.3, -0.25) is 4.84 Å². The number of quaternary nitrogens is 1. The summed E-state index contributed by atoms with van der Waals surface area (Å²) in [7, 11) is 3.66. The fourth-order valence-corrected chi connectivity index (χ4v) is 1.34. The summed E-state index contributed by atoms with van der Waals surface area (Å²) in [5.41, 5.74) is 1.12. The van der Waals surface area contributed by atoms with Crippen molar-refractivity contribution in [2.75, 3.05) is 14.1 Å². The number of rotatable bonds is 4. The molecule has 0 aliphatic rings. The van der Waals surface area contributed by atoms with Crippen molar-refractivity contribution in [3.63, 3.8) is 0 Å². The van der Waals surface area contributed by atoms with E-state index in [-0.39, 0.29) is 4.65 Å². The van der Waals surface area contributed by atoms with Crippen LogP contribution in [0.1, 0.15) is 5.56 Å². The Morgan fingerprint density at radius 2 is 2.00 bits per heavy atom. The smallest absolute Gasteiger partial charge is 0.272 e. The highest BCUT2D eigenvalue weighted by molar-refractivity contribution is 5.80. The van der Waals surface area contributed by atoms with Gasteiger partial charge < -0.3 is 0 Å². The van der Waals surface area contributed by atoms with Crippen molar-refractivity contribution in [2.45, 2.75) is 6.54 Å². The van der Waals surface area contributed by atoms with Crippen LogP contribution < -0.4 is 0 Å². The van der Waals surface area contributed by atoms with E-state index in [0.717, 1.165) is 5.56 Å². The van der Waals surface area contributed by atoms with Crippen LogP contribution >= 0.6 is 0 Å². The summed E-state index contributed by atoms with van der Waals surface area (Å²) in [5, 5.41) is 0. The van der Waals surface area contributed by atoms with Crippen LogP contribution in [0.25, 0.3) is 0 Å². The molecule has 1 rings (SSSR count). The van der Waals surface area contributed by atoms with Crippen molar-refractivity contribution in [3.8, 4) is 0 Å². The first-order valence-corrected chi connectivity index (χ1v) is 4.76. The monoisotopic (exact) mass is 206 g/mol. The van der Waals surface area contributed by atoms with E-state index in [9.17, 15) is 4.79 Å². The first-order valence-electron chi connectivity index (χ1n) is 4.76. The van der Waals surface area contributed by atoms with Gasteiger partial charge in [0, 0.05) is 11.6 Å². The molecule has 1 aromatic carbocycles. The fourth-order valence-electron chi connectivity index (χ4n) is 1.34. The van der Waals surface area contributed by atoms with Gasteiger partial charge in [-0.05, 0) is 0 Å². The predicted molar refractivity (Wildman–Crippen MR) is 58.5 cm³/mol. The summed E-state index contributed by atoms with van der Waals surface area (Å²) >= 11 is 0. The van der Waals surface area contributed by atoms with E-state index in [2.05, 4.69) is 6.58 Å². The average Bonchev–Trinajstić information content (AvgIpc) is 2.17. The molecular formula is C12H16NO2+. The molecule has 0 spiro atoms. The van der Waals surface area contributed by atoms with Gasteiger partial charge >= 0.3 is 5.97 Å². The molecule has 0 bridgehead atoms. The second kappa shape index (κ2) is 4.75. The van der Waals surface area contributed by atoms with Crippen LogP contribution in [0.3, 0.4) is 0 Å². The number of carbonyl (C=O) groups excluding carboxylic acids is 1. The minimum absolute atomic E-state index is 0.162. The fraction of sp³-hybridized carbons (Fsp3) is 0.250. The molecule has 0 saturated carbocycles. The maximum absolute atomic E-state index is 11.1. The highest BCUT2D eigenvalue weighted by atomic mass is 16.7. The van der Waals surface area contributed by atoms with E-state index in [4.69, 9.17) is 4.84 Å². The summed E-state index contributed by atoms with van der Waals surface area (Å²) in [6.45, 7) is 4.01. The van der Waals surface area contributed by atoms with E-state index in [0.29, 0.717) is 6.54 Å². The Labute approximate surface area is 90.1 Å². The van der Waals surface area contributed by atoms with Crippen LogP contribution in [0, 0.1) is 0 Å². The highest BCUT2D eigenvalue weighted by Crippen LogP contribution is 2.09. The van der Waals surface area contributed by atoms with Gasteiger partial charge in [0.05, 0.1) is 0 Å². The Kier molecular flexibility index (Phi) is 3.63. The second-order valence-electron chi connectivity index (χ2n) is 3.83. The third kappa shape index (κ3) is 3.95. The van der Waals surface area contributed by atoms with Gasteiger partial charge in [0.2, 0.25) is 0 Å². The first-order chi connectivity index (χ1) is 7.03. The highest BCUT2D eigenvalue weighted by Gasteiger charge is 2.20. The lowest BCUT2D eigenvalue weighted by Crippen LogP contribution is -2.40. The quantitative estimate of drug-likeness (QED) is 0.427. The topological polar surface area (TPSA) is 26.3 Å². The molecule has 0 N–H and O–H groups in total. The van der Waals surface area contributed by atoms with Crippen LogP contribution in [0.2, 0.25) is 0 Å². The Morgan fingerprint density at radius 1 is 1.40 bits per heavy atom. The van der Waals surface area contributed by atoms with E-state index < -0.39 is 5.97 Å². The second-order valence-corrected chi connectivity index (χ2v) is 3.83. The summed E-state index contributed by atoms with van der Waals surface area (Å²) in [6.07, 6.45) is 1.17. The molecule has 0 unspecified atom stereocenters. The zero-order valence-electron chi connectivity index (χ0n) is 9.14. The van der Waals surface area contributed by atoms with E-state index >= 15 is 0 Å².